The molecule has 0 aliphatic heterocycles. The molecule has 0 bridgehead atoms. The highest BCUT2D eigenvalue weighted by molar-refractivity contribution is 5.54. The normalized spacial score (nSPS) is 16.4. The topological polar surface area (TPSA) is 55.6 Å². The van der Waals surface area contributed by atoms with Gasteiger partial charge in [0.1, 0.15) is 0 Å². The van der Waals surface area contributed by atoms with Crippen molar-refractivity contribution in [1.29, 1.82) is 0 Å². The number of hydrogen-bond donors (Lipinski definition) is 1. The second-order valence-electron chi connectivity index (χ2n) is 7.34. The van der Waals surface area contributed by atoms with E-state index >= 15 is 0 Å². The minimum Gasteiger partial charge on any atom is -0.372 e. The molecule has 0 atom stereocenters. The summed E-state index contributed by atoms with van der Waals surface area (Å²) in [5.74, 6) is 0.906. The van der Waals surface area contributed by atoms with E-state index in [4.69, 9.17) is 0 Å². The lowest BCUT2D eigenvalue weighted by Crippen LogP contribution is -2.40. The van der Waals surface area contributed by atoms with Gasteiger partial charge in [0.15, 0.2) is 5.82 Å². The van der Waals surface area contributed by atoms with E-state index in [2.05, 4.69) is 52.9 Å². The first-order chi connectivity index (χ1) is 12.7. The van der Waals surface area contributed by atoms with Crippen molar-refractivity contribution in [3.05, 3.63) is 65.5 Å². The van der Waals surface area contributed by atoms with E-state index in [-0.39, 0.29) is 5.54 Å². The maximum absolute atomic E-state index is 4.47. The largest absolute Gasteiger partial charge is 0.372 e. The Bertz CT molecular complexity index is 878. The summed E-state index contributed by atoms with van der Waals surface area (Å²) in [5, 5.41) is 16.6. The molecular formula is C21H25N5. The number of aryl methyl sites for hydroxylation is 2. The molecule has 0 radical (unpaired) electrons. The van der Waals surface area contributed by atoms with Crippen LogP contribution in [0.4, 0.5) is 5.69 Å². The first-order valence-corrected chi connectivity index (χ1v) is 9.38. The number of hydrogen-bond acceptors (Lipinski definition) is 4. The molecule has 5 nitrogen and oxygen atoms in total. The predicted octanol–water partition coefficient (Wildman–Crippen LogP) is 4.55. The lowest BCUT2D eigenvalue weighted by molar-refractivity contribution is 0.309. The summed E-state index contributed by atoms with van der Waals surface area (Å²) in [6.07, 6.45) is 5.70. The lowest BCUT2D eigenvalue weighted by atomic mass is 9.80. The highest BCUT2D eigenvalue weighted by Crippen LogP contribution is 2.40. The van der Waals surface area contributed by atoms with Gasteiger partial charge in [0, 0.05) is 5.69 Å². The molecule has 1 fully saturated rings. The summed E-state index contributed by atoms with van der Waals surface area (Å²) in [5.41, 5.74) is 4.46. The smallest absolute Gasteiger partial charge is 0.181 e. The Hall–Kier alpha value is -2.69. The third-order valence-corrected chi connectivity index (χ3v) is 5.36. The Morgan fingerprint density at radius 2 is 1.73 bits per heavy atom. The van der Waals surface area contributed by atoms with Crippen LogP contribution in [0.3, 0.4) is 0 Å². The van der Waals surface area contributed by atoms with Gasteiger partial charge < -0.3 is 5.32 Å². The van der Waals surface area contributed by atoms with E-state index in [0.717, 1.165) is 24.4 Å². The average molecular weight is 347 g/mol. The maximum Gasteiger partial charge on any atom is 0.181 e. The second kappa shape index (κ2) is 6.90. The van der Waals surface area contributed by atoms with Crippen molar-refractivity contribution >= 4 is 5.69 Å². The van der Waals surface area contributed by atoms with Gasteiger partial charge in [0.05, 0.1) is 11.2 Å². The molecule has 3 aromatic rings. The first kappa shape index (κ1) is 16.8. The summed E-state index contributed by atoms with van der Waals surface area (Å²) in [4.78, 5) is 0. The van der Waals surface area contributed by atoms with E-state index in [1.165, 1.54) is 36.1 Å². The van der Waals surface area contributed by atoms with Gasteiger partial charge >= 0.3 is 0 Å². The minimum absolute atomic E-state index is 0.238. The van der Waals surface area contributed by atoms with Crippen molar-refractivity contribution in [2.45, 2.75) is 51.5 Å². The Morgan fingerprint density at radius 1 is 0.962 bits per heavy atom. The highest BCUT2D eigenvalue weighted by atomic mass is 15.6. The van der Waals surface area contributed by atoms with Crippen LogP contribution < -0.4 is 5.32 Å². The quantitative estimate of drug-likeness (QED) is 0.752. The third kappa shape index (κ3) is 3.09. The molecule has 1 aromatic heterocycles. The van der Waals surface area contributed by atoms with Crippen LogP contribution in [0.5, 0.6) is 0 Å². The fraction of sp³-hybridized carbons (Fsp3) is 0.381. The number of tetrazole rings is 1. The van der Waals surface area contributed by atoms with Crippen LogP contribution >= 0.6 is 0 Å². The molecule has 0 saturated heterocycles. The van der Waals surface area contributed by atoms with Crippen LogP contribution in [0.1, 0.15) is 49.1 Å². The molecule has 0 unspecified atom stereocenters. The lowest BCUT2D eigenvalue weighted by Gasteiger charge is -2.38. The number of nitrogens with one attached hydrogen (secondary N) is 1. The van der Waals surface area contributed by atoms with Crippen molar-refractivity contribution in [1.82, 2.24) is 20.2 Å². The Labute approximate surface area is 154 Å². The van der Waals surface area contributed by atoms with Gasteiger partial charge in [0.25, 0.3) is 0 Å². The van der Waals surface area contributed by atoms with E-state index in [9.17, 15) is 0 Å². The minimum atomic E-state index is -0.238. The summed E-state index contributed by atoms with van der Waals surface area (Å²) in [7, 11) is 0. The van der Waals surface area contributed by atoms with Gasteiger partial charge in [-0.15, -0.1) is 5.10 Å². The van der Waals surface area contributed by atoms with E-state index in [1.807, 2.05) is 35.0 Å². The van der Waals surface area contributed by atoms with E-state index < -0.39 is 0 Å². The number of nitrogens with zero attached hydrogens (tertiary/aromatic N) is 4. The maximum atomic E-state index is 4.47. The second-order valence-corrected chi connectivity index (χ2v) is 7.34. The van der Waals surface area contributed by atoms with Crippen LogP contribution in [0.15, 0.2) is 48.5 Å². The molecule has 134 valence electrons. The molecular weight excluding hydrogens is 322 g/mol. The van der Waals surface area contributed by atoms with Crippen molar-refractivity contribution in [3.8, 4) is 5.69 Å². The zero-order valence-corrected chi connectivity index (χ0v) is 15.4. The van der Waals surface area contributed by atoms with E-state index in [0.29, 0.717) is 0 Å². The van der Waals surface area contributed by atoms with Crippen molar-refractivity contribution in [3.63, 3.8) is 0 Å². The predicted molar refractivity (Wildman–Crippen MR) is 103 cm³/mol. The molecule has 4 rings (SSSR count). The summed E-state index contributed by atoms with van der Waals surface area (Å²) in [6, 6.07) is 16.7. The average Bonchev–Trinajstić information content (AvgIpc) is 3.16. The zero-order chi connectivity index (χ0) is 18.0. The molecule has 1 aliphatic rings. The van der Waals surface area contributed by atoms with Gasteiger partial charge in [-0.2, -0.15) is 4.68 Å². The molecule has 1 heterocycles. The number of para-hydroxylation sites is 1. The van der Waals surface area contributed by atoms with Gasteiger partial charge in [0.2, 0.25) is 0 Å². The molecule has 2 aromatic carbocycles. The monoisotopic (exact) mass is 347 g/mol. The number of benzene rings is 2. The van der Waals surface area contributed by atoms with Gasteiger partial charge in [-0.3, -0.25) is 0 Å². The van der Waals surface area contributed by atoms with Gasteiger partial charge in [-0.1, -0.05) is 55.2 Å². The Balaban J connectivity index is 1.78. The van der Waals surface area contributed by atoms with Gasteiger partial charge in [-0.25, -0.2) is 0 Å². The van der Waals surface area contributed by atoms with Crippen molar-refractivity contribution in [2.75, 3.05) is 5.32 Å². The molecule has 26 heavy (non-hydrogen) atoms. The zero-order valence-electron chi connectivity index (χ0n) is 15.4. The molecule has 5 heteroatoms. The standard InChI is InChI=1S/C21H25N5/c1-16-11-12-19(17(2)15-16)22-21(13-7-4-8-14-21)20-23-24-25-26(20)18-9-5-3-6-10-18/h3,5-6,9-12,15,22H,4,7-8,13-14H2,1-2H3. The fourth-order valence-corrected chi connectivity index (χ4v) is 4.00. The molecule has 1 N–H and O–H groups in total. The number of aromatic nitrogens is 4. The van der Waals surface area contributed by atoms with Crippen LogP contribution in [0.2, 0.25) is 0 Å². The highest BCUT2D eigenvalue weighted by Gasteiger charge is 2.39. The van der Waals surface area contributed by atoms with E-state index in [1.54, 1.807) is 0 Å². The van der Waals surface area contributed by atoms with Crippen molar-refractivity contribution in [2.24, 2.45) is 0 Å². The third-order valence-electron chi connectivity index (χ3n) is 5.36. The SMILES string of the molecule is Cc1ccc(NC2(c3nnnn3-c3ccccc3)CCCCC2)c(C)c1. The molecule has 1 aliphatic carbocycles. The molecule has 0 spiro atoms. The van der Waals surface area contributed by atoms with Crippen LogP contribution in [-0.4, -0.2) is 20.2 Å². The van der Waals surface area contributed by atoms with Crippen molar-refractivity contribution < 1.29 is 0 Å². The summed E-state index contributed by atoms with van der Waals surface area (Å²) >= 11 is 0. The van der Waals surface area contributed by atoms with Crippen LogP contribution in [0, 0.1) is 13.8 Å². The number of anilines is 1. The molecule has 1 saturated carbocycles. The molecule has 0 amide bonds. The van der Waals surface area contributed by atoms with Crippen LogP contribution in [0.25, 0.3) is 5.69 Å². The van der Waals surface area contributed by atoms with Crippen LogP contribution in [-0.2, 0) is 5.54 Å². The van der Waals surface area contributed by atoms with Gasteiger partial charge in [-0.05, 0) is 60.9 Å². The Morgan fingerprint density at radius 3 is 2.46 bits per heavy atom. The first-order valence-electron chi connectivity index (χ1n) is 9.38. The fourth-order valence-electron chi connectivity index (χ4n) is 4.00. The Kier molecular flexibility index (Phi) is 4.45. The summed E-state index contributed by atoms with van der Waals surface area (Å²) in [6.45, 7) is 4.29. The number of rotatable bonds is 4. The summed E-state index contributed by atoms with van der Waals surface area (Å²) < 4.78 is 1.89.